The summed E-state index contributed by atoms with van der Waals surface area (Å²) in [7, 11) is -9.94. The number of carbonyl (C=O) groups excluding carboxylic acids is 4. The third-order valence-corrected chi connectivity index (χ3v) is 17.5. The summed E-state index contributed by atoms with van der Waals surface area (Å²) >= 11 is 0. The molecule has 0 aromatic carbocycles. The van der Waals surface area contributed by atoms with Gasteiger partial charge in [0, 0.05) is 25.7 Å². The Kier molecular flexibility index (Phi) is 65.5. The lowest BCUT2D eigenvalue weighted by atomic mass is 10.1. The van der Waals surface area contributed by atoms with Gasteiger partial charge in [0.2, 0.25) is 0 Å². The zero-order valence-corrected chi connectivity index (χ0v) is 61.2. The molecule has 0 aromatic heterocycles. The van der Waals surface area contributed by atoms with Crippen LogP contribution in [0.1, 0.15) is 323 Å². The first kappa shape index (κ1) is 90.5. The molecular formula is C75H134O17P2. The molecule has 0 amide bonds. The summed E-state index contributed by atoms with van der Waals surface area (Å²) in [6.07, 6.45) is 66.2. The maximum Gasteiger partial charge on any atom is 0.472 e. The molecule has 0 aliphatic heterocycles. The van der Waals surface area contributed by atoms with Crippen molar-refractivity contribution in [2.45, 2.75) is 341 Å². The van der Waals surface area contributed by atoms with Crippen LogP contribution in [0.3, 0.4) is 0 Å². The van der Waals surface area contributed by atoms with Gasteiger partial charge in [-0.05, 0) is 128 Å². The van der Waals surface area contributed by atoms with Crippen LogP contribution >= 0.6 is 15.6 Å². The lowest BCUT2D eigenvalue weighted by Crippen LogP contribution is -2.30. The molecule has 0 heterocycles. The molecule has 0 aliphatic carbocycles. The monoisotopic (exact) mass is 1370 g/mol. The molecule has 0 spiro atoms. The third-order valence-electron chi connectivity index (χ3n) is 15.6. The molecule has 0 saturated heterocycles. The van der Waals surface area contributed by atoms with Crippen LogP contribution in [0.15, 0.2) is 72.9 Å². The van der Waals surface area contributed by atoms with Crippen molar-refractivity contribution in [2.24, 2.45) is 0 Å². The van der Waals surface area contributed by atoms with Gasteiger partial charge in [-0.2, -0.15) is 0 Å². The minimum Gasteiger partial charge on any atom is -0.462 e. The number of allylic oxidation sites excluding steroid dienone is 12. The SMILES string of the molecule is CCC/C=C\C/C=C\CCCCCCCC(=O)OC(COC(=O)CCCCCCC/C=C\CCCCCCCC)COP(=O)(O)OCC(O)COP(=O)(O)OCC(COC(=O)CCCCCCC/C=C\C/C=C\CCCCC)OC(=O)CCCCCCC/C=C\CCCC. The molecule has 0 aliphatic rings. The van der Waals surface area contributed by atoms with Gasteiger partial charge in [-0.25, -0.2) is 9.13 Å². The van der Waals surface area contributed by atoms with E-state index < -0.39 is 97.5 Å². The number of hydrogen-bond donors (Lipinski definition) is 3. The van der Waals surface area contributed by atoms with Gasteiger partial charge in [0.15, 0.2) is 12.2 Å². The van der Waals surface area contributed by atoms with E-state index in [1.807, 2.05) is 0 Å². The smallest absolute Gasteiger partial charge is 0.462 e. The molecule has 5 atom stereocenters. The summed E-state index contributed by atoms with van der Waals surface area (Å²) in [6, 6.07) is 0. The quantitative estimate of drug-likeness (QED) is 0.0169. The number of carbonyl (C=O) groups is 4. The Hall–Kier alpha value is -3.50. The van der Waals surface area contributed by atoms with Crippen LogP contribution in [-0.2, 0) is 65.4 Å². The van der Waals surface area contributed by atoms with E-state index in [4.69, 9.17) is 37.0 Å². The molecule has 546 valence electrons. The van der Waals surface area contributed by atoms with E-state index in [9.17, 15) is 43.2 Å². The molecule has 5 unspecified atom stereocenters. The number of esters is 4. The molecule has 0 radical (unpaired) electrons. The van der Waals surface area contributed by atoms with Crippen LogP contribution in [-0.4, -0.2) is 96.7 Å². The highest BCUT2D eigenvalue weighted by Crippen LogP contribution is 2.45. The highest BCUT2D eigenvalue weighted by atomic mass is 31.2. The standard InChI is InChI=1S/C75H134O17P2/c1-5-9-13-17-21-25-29-32-34-37-40-43-47-51-55-59-72(77)85-65-70(91-74(79)61-57-53-49-45-39-28-24-20-16-12-8-4)67-89-93(81,82)87-63-69(76)64-88-94(83,84)90-68-71(92-75(80)62-58-54-50-46-42-36-31-27-23-19-15-11-7-3)66-86-73(78)60-56-52-48-44-41-38-35-33-30-26-22-18-14-10-6-2/h15,19-21,24-25,27,31-35,69-71,76H,5-14,16-18,22-23,26,28-30,36-68H2,1-4H3,(H,81,82)(H,83,84)/b19-15-,24-20-,25-21-,31-27-,34-32-,35-33-. The van der Waals surface area contributed by atoms with Crippen molar-refractivity contribution in [3.63, 3.8) is 0 Å². The van der Waals surface area contributed by atoms with E-state index in [1.54, 1.807) is 0 Å². The zero-order valence-electron chi connectivity index (χ0n) is 59.4. The Morgan fingerprint density at radius 2 is 0.553 bits per heavy atom. The van der Waals surface area contributed by atoms with Crippen molar-refractivity contribution in [1.82, 2.24) is 0 Å². The van der Waals surface area contributed by atoms with Gasteiger partial charge in [-0.15, -0.1) is 0 Å². The third kappa shape index (κ3) is 67.1. The van der Waals surface area contributed by atoms with Gasteiger partial charge in [0.1, 0.15) is 19.3 Å². The van der Waals surface area contributed by atoms with Gasteiger partial charge in [-0.3, -0.25) is 37.3 Å². The number of unbranched alkanes of at least 4 members (excludes halogenated alkanes) is 32. The first-order valence-corrected chi connectivity index (χ1v) is 40.2. The molecular weight excluding hydrogens is 1230 g/mol. The molecule has 94 heavy (non-hydrogen) atoms. The minimum atomic E-state index is -4.97. The Balaban J connectivity index is 5.32. The predicted octanol–water partition coefficient (Wildman–Crippen LogP) is 20.9. The van der Waals surface area contributed by atoms with Crippen LogP contribution < -0.4 is 0 Å². The number of phosphoric acid groups is 2. The van der Waals surface area contributed by atoms with Crippen molar-refractivity contribution in [3.05, 3.63) is 72.9 Å². The van der Waals surface area contributed by atoms with Crippen molar-refractivity contribution >= 4 is 39.5 Å². The largest absolute Gasteiger partial charge is 0.472 e. The highest BCUT2D eigenvalue weighted by molar-refractivity contribution is 7.47. The van der Waals surface area contributed by atoms with Gasteiger partial charge >= 0.3 is 39.5 Å². The average Bonchev–Trinajstić information content (AvgIpc) is 1.22. The van der Waals surface area contributed by atoms with Crippen LogP contribution in [0.25, 0.3) is 0 Å². The number of phosphoric ester groups is 2. The second-order valence-electron chi connectivity index (χ2n) is 24.9. The predicted molar refractivity (Wildman–Crippen MR) is 381 cm³/mol. The fraction of sp³-hybridized carbons (Fsp3) is 0.787. The Bertz CT molecular complexity index is 2070. The number of aliphatic hydroxyl groups excluding tert-OH is 1. The molecule has 0 aromatic rings. The molecule has 17 nitrogen and oxygen atoms in total. The van der Waals surface area contributed by atoms with Crippen LogP contribution in [0, 0.1) is 0 Å². The summed E-state index contributed by atoms with van der Waals surface area (Å²) in [5, 5.41) is 10.6. The number of ether oxygens (including phenoxy) is 4. The Morgan fingerprint density at radius 3 is 0.894 bits per heavy atom. The minimum absolute atomic E-state index is 0.0791. The summed E-state index contributed by atoms with van der Waals surface area (Å²) in [5.74, 6) is -2.21. The second kappa shape index (κ2) is 68.0. The highest BCUT2D eigenvalue weighted by Gasteiger charge is 2.30. The van der Waals surface area contributed by atoms with Gasteiger partial charge in [0.25, 0.3) is 0 Å². The summed E-state index contributed by atoms with van der Waals surface area (Å²) in [4.78, 5) is 72.7. The molecule has 0 saturated carbocycles. The van der Waals surface area contributed by atoms with E-state index in [0.717, 1.165) is 173 Å². The van der Waals surface area contributed by atoms with Gasteiger partial charge in [-0.1, -0.05) is 242 Å². The van der Waals surface area contributed by atoms with E-state index in [0.29, 0.717) is 25.7 Å². The van der Waals surface area contributed by atoms with E-state index in [1.165, 1.54) is 70.6 Å². The topological polar surface area (TPSA) is 237 Å². The van der Waals surface area contributed by atoms with Crippen molar-refractivity contribution < 1.29 is 80.2 Å². The zero-order chi connectivity index (χ0) is 69.0. The fourth-order valence-electron chi connectivity index (χ4n) is 9.85. The number of hydrogen-bond acceptors (Lipinski definition) is 15. The molecule has 0 fully saturated rings. The average molecular weight is 1370 g/mol. The summed E-state index contributed by atoms with van der Waals surface area (Å²) < 4.78 is 68.3. The second-order valence-corrected chi connectivity index (χ2v) is 27.8. The van der Waals surface area contributed by atoms with Crippen molar-refractivity contribution in [3.8, 4) is 0 Å². The van der Waals surface area contributed by atoms with Crippen LogP contribution in [0.2, 0.25) is 0 Å². The van der Waals surface area contributed by atoms with Crippen molar-refractivity contribution in [2.75, 3.05) is 39.6 Å². The van der Waals surface area contributed by atoms with E-state index in [-0.39, 0.29) is 25.7 Å². The first-order chi connectivity index (χ1) is 45.7. The van der Waals surface area contributed by atoms with Crippen molar-refractivity contribution in [1.29, 1.82) is 0 Å². The molecule has 0 bridgehead atoms. The maximum atomic E-state index is 13.0. The first-order valence-electron chi connectivity index (χ1n) is 37.2. The van der Waals surface area contributed by atoms with E-state index >= 15 is 0 Å². The Labute approximate surface area is 571 Å². The van der Waals surface area contributed by atoms with E-state index in [2.05, 4.69) is 101 Å². The number of rotatable bonds is 70. The summed E-state index contributed by atoms with van der Waals surface area (Å²) in [6.45, 7) is 4.71. The lowest BCUT2D eigenvalue weighted by molar-refractivity contribution is -0.161. The van der Waals surface area contributed by atoms with Gasteiger partial charge < -0.3 is 33.8 Å². The number of aliphatic hydroxyl groups is 1. The summed E-state index contributed by atoms with van der Waals surface area (Å²) in [5.41, 5.74) is 0. The van der Waals surface area contributed by atoms with Crippen LogP contribution in [0.4, 0.5) is 0 Å². The molecule has 19 heteroatoms. The normalized spacial score (nSPS) is 14.4. The van der Waals surface area contributed by atoms with Crippen LogP contribution in [0.5, 0.6) is 0 Å². The maximum absolute atomic E-state index is 13.0. The molecule has 0 rings (SSSR count). The van der Waals surface area contributed by atoms with Gasteiger partial charge in [0.05, 0.1) is 26.4 Å². The molecule has 3 N–H and O–H groups in total. The lowest BCUT2D eigenvalue weighted by Gasteiger charge is -2.21. The fourth-order valence-corrected chi connectivity index (χ4v) is 11.4. The Morgan fingerprint density at radius 1 is 0.298 bits per heavy atom.